The van der Waals surface area contributed by atoms with Gasteiger partial charge >= 0.3 is 0 Å². The van der Waals surface area contributed by atoms with Crippen LogP contribution in [0.3, 0.4) is 0 Å². The average Bonchev–Trinajstić information content (AvgIpc) is 3.46. The van der Waals surface area contributed by atoms with Crippen molar-refractivity contribution < 1.29 is 19.1 Å². The summed E-state index contributed by atoms with van der Waals surface area (Å²) in [6.07, 6.45) is 5.43. The Hall–Kier alpha value is -3.47. The number of H-pyrrole nitrogens is 1. The van der Waals surface area contributed by atoms with Crippen molar-refractivity contribution in [3.63, 3.8) is 0 Å². The fourth-order valence-corrected chi connectivity index (χ4v) is 4.91. The molecule has 2 fully saturated rings. The van der Waals surface area contributed by atoms with Gasteiger partial charge in [-0.2, -0.15) is 0 Å². The maximum atomic E-state index is 13.8. The maximum Gasteiger partial charge on any atom is 0.257 e. The minimum atomic E-state index is -0.391. The van der Waals surface area contributed by atoms with Crippen LogP contribution in [-0.2, 0) is 16.1 Å². The van der Waals surface area contributed by atoms with Crippen molar-refractivity contribution in [2.45, 2.75) is 38.0 Å². The Morgan fingerprint density at radius 3 is 2.94 bits per heavy atom. The van der Waals surface area contributed by atoms with Crippen molar-refractivity contribution in [3.05, 3.63) is 42.1 Å². The number of likely N-dealkylation sites (tertiary alicyclic amines) is 1. The number of pyridine rings is 1. The largest absolute Gasteiger partial charge is 0.475 e. The van der Waals surface area contributed by atoms with Gasteiger partial charge < -0.3 is 24.8 Å². The summed E-state index contributed by atoms with van der Waals surface area (Å²) < 4.78 is 5.95. The summed E-state index contributed by atoms with van der Waals surface area (Å²) in [5, 5.41) is 3.06. The van der Waals surface area contributed by atoms with Crippen molar-refractivity contribution in [3.8, 4) is 5.88 Å². The van der Waals surface area contributed by atoms with E-state index < -0.39 is 6.04 Å². The number of hydrogen-bond acceptors (Lipinski definition) is 7. The second kappa shape index (κ2) is 8.81. The number of fused-ring (bicyclic) bond motifs is 4. The Labute approximate surface area is 191 Å². The molecule has 0 saturated carbocycles. The van der Waals surface area contributed by atoms with Crippen LogP contribution in [0, 0.1) is 0 Å². The summed E-state index contributed by atoms with van der Waals surface area (Å²) in [5.74, 6) is -0.0892. The highest BCUT2D eigenvalue weighted by Gasteiger charge is 2.43. The zero-order valence-corrected chi connectivity index (χ0v) is 18.4. The van der Waals surface area contributed by atoms with Crippen molar-refractivity contribution in [1.82, 2.24) is 35.0 Å². The standard InChI is InChI=1S/C22H27N7O4/c1-14(30)27-5-6-29-17(11-27)12-33-21-18(3-2-4-24-21)20(31)26-15-7-19(22(29)32)28(9-15)10-16-8-23-13-25-16/h2-4,8,13,15,17,19H,5-7,9-12H2,1H3,(H,23,25)(H,26,31)/t15-,17+,19+/m1/s1. The van der Waals surface area contributed by atoms with Crippen LogP contribution in [0.4, 0.5) is 0 Å². The molecule has 3 atom stereocenters. The molecule has 5 rings (SSSR count). The smallest absolute Gasteiger partial charge is 0.257 e. The predicted molar refractivity (Wildman–Crippen MR) is 116 cm³/mol. The molecule has 3 amide bonds. The average molecular weight is 454 g/mol. The van der Waals surface area contributed by atoms with E-state index in [0.29, 0.717) is 44.7 Å². The van der Waals surface area contributed by atoms with Gasteiger partial charge in [0.2, 0.25) is 17.7 Å². The van der Waals surface area contributed by atoms with Gasteiger partial charge in [0.05, 0.1) is 18.4 Å². The Morgan fingerprint density at radius 1 is 1.27 bits per heavy atom. The lowest BCUT2D eigenvalue weighted by molar-refractivity contribution is -0.146. The predicted octanol–water partition coefficient (Wildman–Crippen LogP) is -0.371. The first kappa shape index (κ1) is 21.4. The zero-order valence-electron chi connectivity index (χ0n) is 18.4. The van der Waals surface area contributed by atoms with Gasteiger partial charge in [0.1, 0.15) is 12.2 Å². The van der Waals surface area contributed by atoms with Crippen molar-refractivity contribution in [2.24, 2.45) is 0 Å². The van der Waals surface area contributed by atoms with Crippen LogP contribution in [-0.4, -0.2) is 98.3 Å². The lowest BCUT2D eigenvalue weighted by Crippen LogP contribution is -2.61. The van der Waals surface area contributed by atoms with Crippen LogP contribution < -0.4 is 10.1 Å². The number of carbonyl (C=O) groups is 3. The van der Waals surface area contributed by atoms with E-state index in [1.807, 2.05) is 4.90 Å². The van der Waals surface area contributed by atoms with Gasteiger partial charge in [-0.15, -0.1) is 0 Å². The van der Waals surface area contributed by atoms with Crippen LogP contribution in [0.1, 0.15) is 29.4 Å². The number of aromatic nitrogens is 3. The summed E-state index contributed by atoms with van der Waals surface area (Å²) in [7, 11) is 0. The number of ether oxygens (including phenoxy) is 1. The molecule has 0 unspecified atom stereocenters. The topological polar surface area (TPSA) is 124 Å². The Kier molecular flexibility index (Phi) is 5.71. The summed E-state index contributed by atoms with van der Waals surface area (Å²) in [6, 6.07) is 2.46. The summed E-state index contributed by atoms with van der Waals surface area (Å²) in [6.45, 7) is 4.04. The summed E-state index contributed by atoms with van der Waals surface area (Å²) >= 11 is 0. The summed E-state index contributed by atoms with van der Waals surface area (Å²) in [4.78, 5) is 55.9. The monoisotopic (exact) mass is 453 g/mol. The molecule has 11 heteroatoms. The third-order valence-corrected chi connectivity index (χ3v) is 6.59. The van der Waals surface area contributed by atoms with E-state index in [9.17, 15) is 14.4 Å². The van der Waals surface area contributed by atoms with Crippen LogP contribution in [0.25, 0.3) is 0 Å². The van der Waals surface area contributed by atoms with Crippen molar-refractivity contribution >= 4 is 17.7 Å². The highest BCUT2D eigenvalue weighted by atomic mass is 16.5. The number of imidazole rings is 1. The molecule has 0 aromatic carbocycles. The molecule has 2 N–H and O–H groups in total. The SMILES string of the molecule is CC(=O)N1CCN2C(=O)[C@@H]3C[C@H](CN3Cc3cnc[nH]3)NC(=O)c3cccnc3OC[C@@H]2C1. The number of carbonyl (C=O) groups excluding carboxylic acids is 3. The molecule has 3 aliphatic heterocycles. The minimum Gasteiger partial charge on any atom is -0.475 e. The fourth-order valence-electron chi connectivity index (χ4n) is 4.91. The first-order valence-electron chi connectivity index (χ1n) is 11.2. The van der Waals surface area contributed by atoms with E-state index in [1.165, 1.54) is 6.92 Å². The van der Waals surface area contributed by atoms with E-state index in [0.717, 1.165) is 5.69 Å². The number of piperazine rings is 1. The molecular weight excluding hydrogens is 426 g/mol. The second-order valence-electron chi connectivity index (χ2n) is 8.75. The van der Waals surface area contributed by atoms with Crippen LogP contribution in [0.2, 0.25) is 0 Å². The minimum absolute atomic E-state index is 0.00937. The van der Waals surface area contributed by atoms with Crippen LogP contribution >= 0.6 is 0 Å². The molecule has 3 aliphatic rings. The van der Waals surface area contributed by atoms with Gasteiger partial charge in [0, 0.05) is 63.8 Å². The molecular formula is C22H27N7O4. The highest BCUT2D eigenvalue weighted by molar-refractivity contribution is 5.96. The Balaban J connectivity index is 1.48. The van der Waals surface area contributed by atoms with E-state index in [4.69, 9.17) is 4.74 Å². The van der Waals surface area contributed by atoms with Gasteiger partial charge in [-0.1, -0.05) is 0 Å². The lowest BCUT2D eigenvalue weighted by atomic mass is 10.1. The second-order valence-corrected chi connectivity index (χ2v) is 8.75. The van der Waals surface area contributed by atoms with Gasteiger partial charge in [-0.25, -0.2) is 9.97 Å². The number of nitrogens with zero attached hydrogens (tertiary/aromatic N) is 5. The number of hydrogen-bond donors (Lipinski definition) is 2. The molecule has 2 bridgehead atoms. The molecule has 2 aromatic heterocycles. The lowest BCUT2D eigenvalue weighted by Gasteiger charge is -2.42. The normalized spacial score (nSPS) is 25.9. The highest BCUT2D eigenvalue weighted by Crippen LogP contribution is 2.26. The zero-order chi connectivity index (χ0) is 22.9. The van der Waals surface area contributed by atoms with E-state index in [2.05, 4.69) is 25.2 Å². The molecule has 2 saturated heterocycles. The van der Waals surface area contributed by atoms with Crippen molar-refractivity contribution in [2.75, 3.05) is 32.8 Å². The summed E-state index contributed by atoms with van der Waals surface area (Å²) in [5.41, 5.74) is 1.26. The van der Waals surface area contributed by atoms with Gasteiger partial charge in [-0.05, 0) is 18.6 Å². The van der Waals surface area contributed by atoms with Crippen LogP contribution in [0.15, 0.2) is 30.9 Å². The van der Waals surface area contributed by atoms with Gasteiger partial charge in [-0.3, -0.25) is 19.3 Å². The molecule has 174 valence electrons. The van der Waals surface area contributed by atoms with Crippen molar-refractivity contribution in [1.29, 1.82) is 0 Å². The first-order valence-corrected chi connectivity index (χ1v) is 11.2. The molecule has 0 aliphatic carbocycles. The number of nitrogens with one attached hydrogen (secondary N) is 2. The number of amides is 3. The van der Waals surface area contributed by atoms with Crippen LogP contribution in [0.5, 0.6) is 5.88 Å². The van der Waals surface area contributed by atoms with E-state index >= 15 is 0 Å². The fraction of sp³-hybridized carbons (Fsp3) is 0.500. The number of aromatic amines is 1. The van der Waals surface area contributed by atoms with E-state index in [1.54, 1.807) is 35.8 Å². The molecule has 5 heterocycles. The third-order valence-electron chi connectivity index (χ3n) is 6.59. The van der Waals surface area contributed by atoms with E-state index in [-0.39, 0.29) is 42.3 Å². The molecule has 0 radical (unpaired) electrons. The Bertz CT molecular complexity index is 1040. The Morgan fingerprint density at radius 2 is 2.15 bits per heavy atom. The quantitative estimate of drug-likeness (QED) is 0.636. The van der Waals surface area contributed by atoms with Gasteiger partial charge in [0.25, 0.3) is 5.91 Å². The molecule has 11 nitrogen and oxygen atoms in total. The number of rotatable bonds is 2. The molecule has 2 aromatic rings. The third kappa shape index (κ3) is 4.28. The molecule has 33 heavy (non-hydrogen) atoms. The van der Waals surface area contributed by atoms with Gasteiger partial charge in [0.15, 0.2) is 0 Å². The molecule has 0 spiro atoms. The first-order chi connectivity index (χ1) is 16.0. The maximum absolute atomic E-state index is 13.8.